The van der Waals surface area contributed by atoms with Crippen molar-refractivity contribution in [3.05, 3.63) is 29.8 Å². The zero-order valence-electron chi connectivity index (χ0n) is 17.2. The van der Waals surface area contributed by atoms with Gasteiger partial charge in [-0.05, 0) is 44.7 Å². The van der Waals surface area contributed by atoms with Crippen molar-refractivity contribution in [2.24, 2.45) is 4.99 Å². The van der Waals surface area contributed by atoms with Gasteiger partial charge in [0.1, 0.15) is 0 Å². The summed E-state index contributed by atoms with van der Waals surface area (Å²) in [7, 11) is 1.59. The van der Waals surface area contributed by atoms with Crippen LogP contribution in [0.2, 0.25) is 0 Å². The van der Waals surface area contributed by atoms with Gasteiger partial charge in [-0.15, -0.1) is 0 Å². The van der Waals surface area contributed by atoms with E-state index in [-0.39, 0.29) is 5.78 Å². The molecule has 0 bridgehead atoms. The third-order valence-electron chi connectivity index (χ3n) is 5.62. The molecular formula is C23H35NO3. The van der Waals surface area contributed by atoms with E-state index in [1.165, 1.54) is 25.7 Å². The van der Waals surface area contributed by atoms with Crippen molar-refractivity contribution >= 4 is 17.2 Å². The molecule has 27 heavy (non-hydrogen) atoms. The summed E-state index contributed by atoms with van der Waals surface area (Å²) in [6.45, 7) is 3.97. The van der Waals surface area contributed by atoms with Gasteiger partial charge in [0.25, 0.3) is 0 Å². The van der Waals surface area contributed by atoms with Gasteiger partial charge in [-0.25, -0.2) is 0 Å². The summed E-state index contributed by atoms with van der Waals surface area (Å²) in [6, 6.07) is 7.51. The lowest BCUT2D eigenvalue weighted by molar-refractivity contribution is 0.0442. The van der Waals surface area contributed by atoms with Crippen LogP contribution in [0.4, 0.5) is 5.69 Å². The maximum absolute atomic E-state index is 12.6. The number of para-hydroxylation sites is 1. The minimum Gasteiger partial charge on any atom is -0.390 e. The van der Waals surface area contributed by atoms with E-state index in [9.17, 15) is 9.90 Å². The van der Waals surface area contributed by atoms with Gasteiger partial charge in [0.15, 0.2) is 11.9 Å². The zero-order chi connectivity index (χ0) is 19.7. The second-order valence-electron chi connectivity index (χ2n) is 7.93. The van der Waals surface area contributed by atoms with Crippen LogP contribution < -0.4 is 0 Å². The molecule has 1 N–H and O–H groups in total. The molecule has 0 saturated heterocycles. The van der Waals surface area contributed by atoms with E-state index in [1.54, 1.807) is 7.11 Å². The molecule has 1 aromatic carbocycles. The molecule has 0 spiro atoms. The predicted molar refractivity (Wildman–Crippen MR) is 111 cm³/mol. The first-order valence-electron chi connectivity index (χ1n) is 10.4. The Morgan fingerprint density at radius 1 is 1.07 bits per heavy atom. The molecule has 0 amide bonds. The Kier molecular flexibility index (Phi) is 8.65. The van der Waals surface area contributed by atoms with Crippen molar-refractivity contribution in [2.75, 3.05) is 7.11 Å². The normalized spacial score (nSPS) is 18.7. The fourth-order valence-electron chi connectivity index (χ4n) is 3.59. The molecule has 1 aliphatic heterocycles. The first kappa shape index (κ1) is 21.8. The monoisotopic (exact) mass is 373 g/mol. The second kappa shape index (κ2) is 10.7. The molecule has 0 radical (unpaired) electrons. The topological polar surface area (TPSA) is 58.9 Å². The Labute approximate surface area is 164 Å². The molecule has 2 unspecified atom stereocenters. The number of fused-ring (bicyclic) bond motifs is 1. The van der Waals surface area contributed by atoms with E-state index in [2.05, 4.69) is 4.99 Å². The van der Waals surface area contributed by atoms with Crippen LogP contribution in [0.3, 0.4) is 0 Å². The summed E-state index contributed by atoms with van der Waals surface area (Å²) in [5, 5.41) is 10.00. The number of ether oxygens (including phenoxy) is 1. The molecule has 1 heterocycles. The van der Waals surface area contributed by atoms with Gasteiger partial charge in [-0.2, -0.15) is 0 Å². The molecule has 4 nitrogen and oxygen atoms in total. The minimum absolute atomic E-state index is 0.0288. The molecule has 0 fully saturated rings. The first-order chi connectivity index (χ1) is 13.0. The molecule has 0 aromatic heterocycles. The zero-order valence-corrected chi connectivity index (χ0v) is 17.2. The molecule has 1 aromatic rings. The Morgan fingerprint density at radius 2 is 1.70 bits per heavy atom. The van der Waals surface area contributed by atoms with E-state index in [0.29, 0.717) is 5.56 Å². The van der Waals surface area contributed by atoms with Gasteiger partial charge in [-0.1, -0.05) is 57.6 Å². The maximum Gasteiger partial charge on any atom is 0.199 e. The van der Waals surface area contributed by atoms with Crippen molar-refractivity contribution < 1.29 is 14.6 Å². The van der Waals surface area contributed by atoms with Crippen LogP contribution in [0.1, 0.15) is 88.4 Å². The van der Waals surface area contributed by atoms with Crippen molar-refractivity contribution in [2.45, 2.75) is 89.8 Å². The molecule has 4 heteroatoms. The number of unbranched alkanes of at least 4 members (excludes halogenated alkanes) is 6. The summed E-state index contributed by atoms with van der Waals surface area (Å²) in [5.74, 6) is 0.0288. The number of hydrogen-bond acceptors (Lipinski definition) is 4. The van der Waals surface area contributed by atoms with E-state index in [1.807, 2.05) is 38.1 Å². The molecule has 150 valence electrons. The summed E-state index contributed by atoms with van der Waals surface area (Å²) in [6.07, 6.45) is 10.2. The lowest BCUT2D eigenvalue weighted by Crippen LogP contribution is -2.34. The van der Waals surface area contributed by atoms with E-state index < -0.39 is 11.7 Å². The molecule has 0 aliphatic carbocycles. The lowest BCUT2D eigenvalue weighted by atomic mass is 9.94. The van der Waals surface area contributed by atoms with Crippen LogP contribution in [-0.4, -0.2) is 35.4 Å². The fourth-order valence-corrected chi connectivity index (χ4v) is 3.59. The van der Waals surface area contributed by atoms with Gasteiger partial charge < -0.3 is 9.84 Å². The number of Topliss-reactive ketones (excluding diaryl/α,β-unsaturated/α-hetero) is 1. The summed E-state index contributed by atoms with van der Waals surface area (Å²) < 4.78 is 5.43. The highest BCUT2D eigenvalue weighted by Gasteiger charge is 2.30. The smallest absolute Gasteiger partial charge is 0.199 e. The SMILES string of the molecule is CCC(C)(O)CCCCCCCCCC1=Nc2ccccc2C(=O)C1OC. The number of hydrogen-bond donors (Lipinski definition) is 1. The van der Waals surface area contributed by atoms with E-state index in [4.69, 9.17) is 4.74 Å². The van der Waals surface area contributed by atoms with Gasteiger partial charge in [0.2, 0.25) is 0 Å². The number of methoxy groups -OCH3 is 1. The van der Waals surface area contributed by atoms with Crippen LogP contribution in [0.15, 0.2) is 29.3 Å². The maximum atomic E-state index is 12.6. The number of carbonyl (C=O) groups is 1. The third-order valence-corrected chi connectivity index (χ3v) is 5.62. The van der Waals surface area contributed by atoms with E-state index in [0.717, 1.165) is 49.9 Å². The number of carbonyl (C=O) groups excluding carboxylic acids is 1. The highest BCUT2D eigenvalue weighted by Crippen LogP contribution is 2.28. The van der Waals surface area contributed by atoms with Crippen LogP contribution in [0, 0.1) is 0 Å². The Hall–Kier alpha value is -1.52. The fraction of sp³-hybridized carbons (Fsp3) is 0.652. The standard InChI is InChI=1S/C23H35NO3/c1-4-23(2,26)17-13-9-7-5-6-8-10-16-20-22(27-3)21(25)18-14-11-12-15-19(18)24-20/h11-12,14-15,22,26H,4-10,13,16-17H2,1-3H3. The number of ketones is 1. The first-order valence-corrected chi connectivity index (χ1v) is 10.4. The highest BCUT2D eigenvalue weighted by molar-refractivity contribution is 6.20. The average molecular weight is 374 g/mol. The molecule has 2 rings (SSSR count). The Balaban J connectivity index is 1.67. The number of nitrogens with zero attached hydrogens (tertiary/aromatic N) is 1. The van der Waals surface area contributed by atoms with Gasteiger partial charge in [0.05, 0.1) is 17.0 Å². The van der Waals surface area contributed by atoms with Crippen molar-refractivity contribution in [3.63, 3.8) is 0 Å². The summed E-state index contributed by atoms with van der Waals surface area (Å²) in [5.41, 5.74) is 1.81. The number of aliphatic hydroxyl groups is 1. The molecule has 2 atom stereocenters. The molecule has 1 aliphatic rings. The van der Waals surface area contributed by atoms with Crippen LogP contribution in [0.5, 0.6) is 0 Å². The second-order valence-corrected chi connectivity index (χ2v) is 7.93. The minimum atomic E-state index is -0.522. The van der Waals surface area contributed by atoms with Crippen molar-refractivity contribution in [1.82, 2.24) is 0 Å². The highest BCUT2D eigenvalue weighted by atomic mass is 16.5. The van der Waals surface area contributed by atoms with Gasteiger partial charge in [-0.3, -0.25) is 9.79 Å². The largest absolute Gasteiger partial charge is 0.390 e. The number of benzene rings is 1. The third kappa shape index (κ3) is 6.54. The van der Waals surface area contributed by atoms with Crippen molar-refractivity contribution in [3.8, 4) is 0 Å². The van der Waals surface area contributed by atoms with Gasteiger partial charge in [0, 0.05) is 12.7 Å². The van der Waals surface area contributed by atoms with E-state index >= 15 is 0 Å². The number of rotatable bonds is 12. The predicted octanol–water partition coefficient (Wildman–Crippen LogP) is 5.64. The van der Waals surface area contributed by atoms with Crippen LogP contribution >= 0.6 is 0 Å². The average Bonchev–Trinajstić information content (AvgIpc) is 2.67. The van der Waals surface area contributed by atoms with Crippen LogP contribution in [-0.2, 0) is 4.74 Å². The molecular weight excluding hydrogens is 338 g/mol. The van der Waals surface area contributed by atoms with Crippen molar-refractivity contribution in [1.29, 1.82) is 0 Å². The van der Waals surface area contributed by atoms with Gasteiger partial charge >= 0.3 is 0 Å². The summed E-state index contributed by atoms with van der Waals surface area (Å²) >= 11 is 0. The lowest BCUT2D eigenvalue weighted by Gasteiger charge is -2.22. The quantitative estimate of drug-likeness (QED) is 0.482. The molecule has 0 saturated carbocycles. The Morgan fingerprint density at radius 3 is 2.37 bits per heavy atom. The van der Waals surface area contributed by atoms with Crippen LogP contribution in [0.25, 0.3) is 0 Å². The summed E-state index contributed by atoms with van der Waals surface area (Å²) in [4.78, 5) is 17.2. The number of aliphatic imine (C=N–C) groups is 1. The Bertz CT molecular complexity index is 636.